The second-order valence-electron chi connectivity index (χ2n) is 4.19. The number of nitro groups is 1. The van der Waals surface area contributed by atoms with E-state index in [2.05, 4.69) is 0 Å². The van der Waals surface area contributed by atoms with Crippen molar-refractivity contribution in [2.75, 3.05) is 13.2 Å². The first-order chi connectivity index (χ1) is 10.2. The molecule has 0 radical (unpaired) electrons. The molecule has 2 rings (SSSR count). The van der Waals surface area contributed by atoms with E-state index in [9.17, 15) is 10.1 Å². The van der Waals surface area contributed by atoms with Gasteiger partial charge in [0.2, 0.25) is 0 Å². The van der Waals surface area contributed by atoms with Crippen LogP contribution >= 0.6 is 0 Å². The zero-order valence-corrected chi connectivity index (χ0v) is 11.3. The molecule has 21 heavy (non-hydrogen) atoms. The van der Waals surface area contributed by atoms with E-state index >= 15 is 0 Å². The highest BCUT2D eigenvalue weighted by atomic mass is 16.6. The van der Waals surface area contributed by atoms with Crippen LogP contribution in [0.1, 0.15) is 5.56 Å². The van der Waals surface area contributed by atoms with Crippen LogP contribution in [0.3, 0.4) is 0 Å². The van der Waals surface area contributed by atoms with Gasteiger partial charge in [0.05, 0.1) is 17.1 Å². The molecule has 0 fully saturated rings. The summed E-state index contributed by atoms with van der Waals surface area (Å²) in [4.78, 5) is 10.5. The van der Waals surface area contributed by atoms with Crippen molar-refractivity contribution in [3.63, 3.8) is 0 Å². The molecule has 0 unspecified atom stereocenters. The Kier molecular flexibility index (Phi) is 5.11. The summed E-state index contributed by atoms with van der Waals surface area (Å²) < 4.78 is 10.9. The van der Waals surface area contributed by atoms with Gasteiger partial charge in [0, 0.05) is 6.07 Å². The average Bonchev–Trinajstić information content (AvgIpc) is 2.52. The van der Waals surface area contributed by atoms with Crippen LogP contribution in [0.4, 0.5) is 5.69 Å². The lowest BCUT2D eigenvalue weighted by Gasteiger charge is -2.12. The van der Waals surface area contributed by atoms with Gasteiger partial charge >= 0.3 is 0 Å². The van der Waals surface area contributed by atoms with Crippen LogP contribution in [0.5, 0.6) is 11.5 Å². The Hall–Kier alpha value is -2.60. The van der Waals surface area contributed by atoms with Crippen molar-refractivity contribution in [1.82, 2.24) is 0 Å². The summed E-state index contributed by atoms with van der Waals surface area (Å²) in [5.74, 6) is 0.967. The van der Waals surface area contributed by atoms with Gasteiger partial charge in [-0.2, -0.15) is 0 Å². The normalized spacial score (nSPS) is 10.1. The molecule has 2 aromatic rings. The fourth-order valence-corrected chi connectivity index (χ4v) is 1.81. The summed E-state index contributed by atoms with van der Waals surface area (Å²) in [5.41, 5.74) is 0.505. The highest BCUT2D eigenvalue weighted by Gasteiger charge is 2.13. The zero-order chi connectivity index (χ0) is 15.1. The summed E-state index contributed by atoms with van der Waals surface area (Å²) in [6, 6.07) is 13.4. The van der Waals surface area contributed by atoms with Gasteiger partial charge in [0.1, 0.15) is 13.2 Å². The van der Waals surface area contributed by atoms with E-state index in [0.29, 0.717) is 17.1 Å². The van der Waals surface area contributed by atoms with Crippen molar-refractivity contribution in [2.45, 2.75) is 6.61 Å². The molecule has 0 spiro atoms. The molecule has 2 aromatic carbocycles. The van der Waals surface area contributed by atoms with E-state index in [4.69, 9.17) is 14.6 Å². The van der Waals surface area contributed by atoms with Gasteiger partial charge in [-0.1, -0.05) is 24.3 Å². The third-order valence-corrected chi connectivity index (χ3v) is 2.77. The first-order valence-electron chi connectivity index (χ1n) is 6.40. The van der Waals surface area contributed by atoms with Gasteiger partial charge in [0.15, 0.2) is 11.5 Å². The highest BCUT2D eigenvalue weighted by Crippen LogP contribution is 2.28. The number of rotatable bonds is 7. The van der Waals surface area contributed by atoms with Crippen LogP contribution < -0.4 is 9.47 Å². The van der Waals surface area contributed by atoms with Crippen LogP contribution in [0.15, 0.2) is 48.5 Å². The largest absolute Gasteiger partial charge is 0.487 e. The van der Waals surface area contributed by atoms with Gasteiger partial charge in [-0.15, -0.1) is 0 Å². The molecule has 6 heteroatoms. The standard InChI is InChI=1S/C15H15NO5/c17-9-10-20-14-7-3-4-8-15(14)21-11-12-5-1-2-6-13(12)16(18)19/h1-8,17H,9-11H2. The minimum Gasteiger partial charge on any atom is -0.487 e. The molecule has 0 saturated heterocycles. The first-order valence-corrected chi connectivity index (χ1v) is 6.40. The molecule has 0 aliphatic carbocycles. The number of nitro benzene ring substituents is 1. The molecule has 6 nitrogen and oxygen atoms in total. The summed E-state index contributed by atoms with van der Waals surface area (Å²) in [7, 11) is 0. The second kappa shape index (κ2) is 7.25. The van der Waals surface area contributed by atoms with E-state index in [0.717, 1.165) is 0 Å². The van der Waals surface area contributed by atoms with Gasteiger partial charge in [-0.25, -0.2) is 0 Å². The molecule has 1 N–H and O–H groups in total. The maximum Gasteiger partial charge on any atom is 0.276 e. The summed E-state index contributed by atoms with van der Waals surface area (Å²) in [6.07, 6.45) is 0. The molecule has 0 atom stereocenters. The third kappa shape index (κ3) is 3.93. The summed E-state index contributed by atoms with van der Waals surface area (Å²) >= 11 is 0. The van der Waals surface area contributed by atoms with Crippen LogP contribution in [0, 0.1) is 10.1 Å². The van der Waals surface area contributed by atoms with E-state index in [-0.39, 0.29) is 25.5 Å². The predicted molar refractivity (Wildman–Crippen MR) is 76.5 cm³/mol. The molecule has 0 aliphatic rings. The lowest BCUT2D eigenvalue weighted by Crippen LogP contribution is -2.05. The van der Waals surface area contributed by atoms with E-state index in [1.165, 1.54) is 6.07 Å². The Morgan fingerprint density at radius 2 is 1.62 bits per heavy atom. The molecule has 0 saturated carbocycles. The number of hydrogen-bond acceptors (Lipinski definition) is 5. The highest BCUT2D eigenvalue weighted by molar-refractivity contribution is 5.42. The molecule has 0 heterocycles. The van der Waals surface area contributed by atoms with Crippen LogP contribution in [-0.2, 0) is 6.61 Å². The monoisotopic (exact) mass is 289 g/mol. The fourth-order valence-electron chi connectivity index (χ4n) is 1.81. The maximum atomic E-state index is 10.9. The Labute approximate surface area is 121 Å². The Morgan fingerprint density at radius 3 is 2.29 bits per heavy atom. The third-order valence-electron chi connectivity index (χ3n) is 2.77. The van der Waals surface area contributed by atoms with Crippen LogP contribution in [0.2, 0.25) is 0 Å². The van der Waals surface area contributed by atoms with Crippen molar-refractivity contribution < 1.29 is 19.5 Å². The number of ether oxygens (including phenoxy) is 2. The second-order valence-corrected chi connectivity index (χ2v) is 4.19. The quantitative estimate of drug-likeness (QED) is 0.625. The Balaban J connectivity index is 2.12. The van der Waals surface area contributed by atoms with Gasteiger partial charge < -0.3 is 14.6 Å². The number of benzene rings is 2. The van der Waals surface area contributed by atoms with E-state index in [1.54, 1.807) is 42.5 Å². The summed E-state index contributed by atoms with van der Waals surface area (Å²) in [5, 5.41) is 19.7. The zero-order valence-electron chi connectivity index (χ0n) is 11.3. The fraction of sp³-hybridized carbons (Fsp3) is 0.200. The van der Waals surface area contributed by atoms with Crippen molar-refractivity contribution >= 4 is 5.69 Å². The van der Waals surface area contributed by atoms with Crippen LogP contribution in [0.25, 0.3) is 0 Å². The minimum atomic E-state index is -0.438. The SMILES string of the molecule is O=[N+]([O-])c1ccccc1COc1ccccc1OCCO. The Bertz CT molecular complexity index is 615. The molecule has 0 amide bonds. The van der Waals surface area contributed by atoms with E-state index in [1.807, 2.05) is 0 Å². The van der Waals surface area contributed by atoms with Crippen LogP contribution in [-0.4, -0.2) is 23.2 Å². The molecule has 0 aliphatic heterocycles. The predicted octanol–water partition coefficient (Wildman–Crippen LogP) is 2.54. The maximum absolute atomic E-state index is 10.9. The van der Waals surface area contributed by atoms with Crippen molar-refractivity contribution in [1.29, 1.82) is 0 Å². The lowest BCUT2D eigenvalue weighted by atomic mass is 10.2. The molecule has 0 aromatic heterocycles. The van der Waals surface area contributed by atoms with Crippen molar-refractivity contribution in [3.8, 4) is 11.5 Å². The van der Waals surface area contributed by atoms with Gasteiger partial charge in [-0.3, -0.25) is 10.1 Å². The number of hydrogen-bond donors (Lipinski definition) is 1. The molecule has 110 valence electrons. The first kappa shape index (κ1) is 14.8. The molecule has 0 bridgehead atoms. The topological polar surface area (TPSA) is 81.8 Å². The Morgan fingerprint density at radius 1 is 1.00 bits per heavy atom. The number of aliphatic hydroxyl groups is 1. The summed E-state index contributed by atoms with van der Waals surface area (Å²) in [6.45, 7) is 0.126. The average molecular weight is 289 g/mol. The number of para-hydroxylation sites is 3. The lowest BCUT2D eigenvalue weighted by molar-refractivity contribution is -0.385. The van der Waals surface area contributed by atoms with Crippen molar-refractivity contribution in [2.24, 2.45) is 0 Å². The van der Waals surface area contributed by atoms with Gasteiger partial charge in [0.25, 0.3) is 5.69 Å². The van der Waals surface area contributed by atoms with Gasteiger partial charge in [-0.05, 0) is 18.2 Å². The minimum absolute atomic E-state index is 0.0197. The smallest absolute Gasteiger partial charge is 0.276 e. The molecular weight excluding hydrogens is 274 g/mol. The number of nitrogens with zero attached hydrogens (tertiary/aromatic N) is 1. The van der Waals surface area contributed by atoms with Crippen molar-refractivity contribution in [3.05, 3.63) is 64.2 Å². The van der Waals surface area contributed by atoms with E-state index < -0.39 is 4.92 Å². The molecular formula is C15H15NO5. The number of aliphatic hydroxyl groups excluding tert-OH is 1.